The molecule has 0 bridgehead atoms. The minimum atomic E-state index is -0.193. The molecule has 1 fully saturated rings. The Bertz CT molecular complexity index is 1290. The van der Waals surface area contributed by atoms with Crippen LogP contribution in [0.3, 0.4) is 0 Å². The molecule has 0 saturated carbocycles. The number of piperidine rings is 1. The molecule has 35 heavy (non-hydrogen) atoms. The number of hydrogen-bond donors (Lipinski definition) is 0. The molecule has 6 nitrogen and oxygen atoms in total. The van der Waals surface area contributed by atoms with Gasteiger partial charge in [0.1, 0.15) is 0 Å². The minimum Gasteiger partial charge on any atom is -0.341 e. The predicted octanol–water partition coefficient (Wildman–Crippen LogP) is 5.11. The number of amides is 2. The summed E-state index contributed by atoms with van der Waals surface area (Å²) in [6.45, 7) is 1.62. The molecule has 3 heterocycles. The minimum absolute atomic E-state index is 0.0238. The van der Waals surface area contributed by atoms with Crippen molar-refractivity contribution < 1.29 is 9.59 Å². The Morgan fingerprint density at radius 2 is 1.77 bits per heavy atom. The van der Waals surface area contributed by atoms with Gasteiger partial charge < -0.3 is 9.80 Å². The van der Waals surface area contributed by atoms with Crippen LogP contribution < -0.4 is 0 Å². The highest BCUT2D eigenvalue weighted by molar-refractivity contribution is 7.12. The molecule has 0 radical (unpaired) electrons. The van der Waals surface area contributed by atoms with E-state index in [1.807, 2.05) is 101 Å². The molecule has 1 unspecified atom stereocenters. The lowest BCUT2D eigenvalue weighted by atomic mass is 9.96. The zero-order chi connectivity index (χ0) is 24.2. The molecular weight excluding hydrogens is 456 g/mol. The van der Waals surface area contributed by atoms with Crippen molar-refractivity contribution in [2.45, 2.75) is 19.4 Å². The van der Waals surface area contributed by atoms with E-state index >= 15 is 0 Å². The largest absolute Gasteiger partial charge is 0.341 e. The van der Waals surface area contributed by atoms with Gasteiger partial charge in [0, 0.05) is 44.0 Å². The molecule has 4 aromatic rings. The second-order valence-corrected chi connectivity index (χ2v) is 9.86. The fourth-order valence-electron chi connectivity index (χ4n) is 4.64. The molecule has 2 aromatic carbocycles. The van der Waals surface area contributed by atoms with Crippen LogP contribution >= 0.6 is 11.3 Å². The molecule has 2 aromatic heterocycles. The maximum Gasteiger partial charge on any atom is 0.263 e. The number of nitrogens with zero attached hydrogens (tertiary/aromatic N) is 4. The number of thiophene rings is 1. The number of aromatic nitrogens is 2. The summed E-state index contributed by atoms with van der Waals surface area (Å²) in [5, 5.41) is 6.78. The third-order valence-corrected chi connectivity index (χ3v) is 7.29. The summed E-state index contributed by atoms with van der Waals surface area (Å²) in [5.74, 6) is -0.0992. The number of para-hydroxylation sites is 1. The van der Waals surface area contributed by atoms with Gasteiger partial charge in [-0.05, 0) is 36.4 Å². The van der Waals surface area contributed by atoms with Crippen molar-refractivity contribution in [3.63, 3.8) is 0 Å². The van der Waals surface area contributed by atoms with Crippen molar-refractivity contribution in [1.29, 1.82) is 0 Å². The number of rotatable bonds is 6. The van der Waals surface area contributed by atoms with Crippen LogP contribution in [0.4, 0.5) is 0 Å². The average molecular weight is 485 g/mol. The van der Waals surface area contributed by atoms with Crippen LogP contribution in [0, 0.1) is 5.92 Å². The lowest BCUT2D eigenvalue weighted by molar-refractivity contribution is -0.136. The van der Waals surface area contributed by atoms with E-state index in [1.54, 1.807) is 4.90 Å². The number of carbonyl (C=O) groups excluding carboxylic acids is 2. The van der Waals surface area contributed by atoms with Crippen LogP contribution in [0.5, 0.6) is 0 Å². The fourth-order valence-corrected chi connectivity index (χ4v) is 5.33. The Balaban J connectivity index is 1.35. The first-order valence-corrected chi connectivity index (χ1v) is 12.8. The average Bonchev–Trinajstić information content (AvgIpc) is 3.60. The lowest BCUT2D eigenvalue weighted by Gasteiger charge is -2.33. The first kappa shape index (κ1) is 23.1. The Morgan fingerprint density at radius 3 is 2.49 bits per heavy atom. The zero-order valence-corrected chi connectivity index (χ0v) is 20.5. The van der Waals surface area contributed by atoms with E-state index in [1.165, 1.54) is 11.3 Å². The molecule has 1 saturated heterocycles. The lowest BCUT2D eigenvalue weighted by Crippen LogP contribution is -2.45. The summed E-state index contributed by atoms with van der Waals surface area (Å²) in [6.07, 6.45) is 3.64. The van der Waals surface area contributed by atoms with E-state index in [0.717, 1.165) is 40.2 Å². The quantitative estimate of drug-likeness (QED) is 0.382. The summed E-state index contributed by atoms with van der Waals surface area (Å²) in [6, 6.07) is 23.8. The van der Waals surface area contributed by atoms with Gasteiger partial charge in [-0.1, -0.05) is 54.6 Å². The highest BCUT2D eigenvalue weighted by atomic mass is 32.1. The number of likely N-dealkylation sites (tertiary alicyclic amines) is 1. The summed E-state index contributed by atoms with van der Waals surface area (Å²) in [4.78, 5) is 30.6. The van der Waals surface area contributed by atoms with E-state index < -0.39 is 0 Å². The van der Waals surface area contributed by atoms with Gasteiger partial charge in [0.05, 0.1) is 22.2 Å². The molecule has 5 rings (SSSR count). The number of benzene rings is 2. The standard InChI is InChI=1S/C28H28N4O2S/c1-30(27(33)22-12-8-16-31(19-22)28(34)25-15-9-17-35-25)18-23-20-32(24-13-6-3-7-14-24)29-26(23)21-10-4-2-5-11-21/h2-7,9-11,13-15,17,20,22H,8,12,16,18-19H2,1H3. The van der Waals surface area contributed by atoms with E-state index in [-0.39, 0.29) is 17.7 Å². The maximum atomic E-state index is 13.4. The van der Waals surface area contributed by atoms with Crippen molar-refractivity contribution in [1.82, 2.24) is 19.6 Å². The molecule has 1 aliphatic rings. The highest BCUT2D eigenvalue weighted by Gasteiger charge is 2.31. The van der Waals surface area contributed by atoms with Crippen LogP contribution in [0.1, 0.15) is 28.1 Å². The molecule has 2 amide bonds. The third-order valence-electron chi connectivity index (χ3n) is 6.43. The molecule has 0 N–H and O–H groups in total. The fraction of sp³-hybridized carbons (Fsp3) is 0.250. The number of carbonyl (C=O) groups is 2. The molecular formula is C28H28N4O2S. The highest BCUT2D eigenvalue weighted by Crippen LogP contribution is 2.27. The maximum absolute atomic E-state index is 13.4. The van der Waals surface area contributed by atoms with Gasteiger partial charge in [0.15, 0.2) is 0 Å². The Morgan fingerprint density at radius 1 is 1.03 bits per heavy atom. The van der Waals surface area contributed by atoms with Crippen LogP contribution in [0.2, 0.25) is 0 Å². The number of hydrogen-bond acceptors (Lipinski definition) is 4. The molecule has 1 atom stereocenters. The summed E-state index contributed by atoms with van der Waals surface area (Å²) < 4.78 is 1.87. The zero-order valence-electron chi connectivity index (χ0n) is 19.7. The first-order valence-electron chi connectivity index (χ1n) is 11.9. The SMILES string of the molecule is CN(Cc1cn(-c2ccccc2)nc1-c1ccccc1)C(=O)C1CCCN(C(=O)c2cccs2)C1. The van der Waals surface area contributed by atoms with E-state index in [9.17, 15) is 9.59 Å². The van der Waals surface area contributed by atoms with E-state index in [0.29, 0.717) is 19.6 Å². The Labute approximate surface area is 209 Å². The van der Waals surface area contributed by atoms with E-state index in [2.05, 4.69) is 0 Å². The third kappa shape index (κ3) is 5.05. The smallest absolute Gasteiger partial charge is 0.263 e. The van der Waals surface area contributed by atoms with Crippen molar-refractivity contribution in [3.05, 3.63) is 94.8 Å². The Kier molecular flexibility index (Phi) is 6.77. The van der Waals surface area contributed by atoms with Gasteiger partial charge in [-0.2, -0.15) is 5.10 Å². The van der Waals surface area contributed by atoms with Crippen molar-refractivity contribution >= 4 is 23.2 Å². The van der Waals surface area contributed by atoms with Crippen LogP contribution in [-0.4, -0.2) is 51.5 Å². The van der Waals surface area contributed by atoms with Crippen molar-refractivity contribution in [2.24, 2.45) is 5.92 Å². The molecule has 7 heteroatoms. The van der Waals surface area contributed by atoms with Gasteiger partial charge >= 0.3 is 0 Å². The first-order chi connectivity index (χ1) is 17.1. The van der Waals surface area contributed by atoms with Gasteiger partial charge in [0.25, 0.3) is 5.91 Å². The second kappa shape index (κ2) is 10.3. The predicted molar refractivity (Wildman–Crippen MR) is 138 cm³/mol. The summed E-state index contributed by atoms with van der Waals surface area (Å²) in [5.41, 5.74) is 3.84. The molecule has 178 valence electrons. The van der Waals surface area contributed by atoms with Crippen LogP contribution in [0.15, 0.2) is 84.4 Å². The van der Waals surface area contributed by atoms with Gasteiger partial charge in [0.2, 0.25) is 5.91 Å². The van der Waals surface area contributed by atoms with Gasteiger partial charge in [-0.25, -0.2) is 4.68 Å². The molecule has 0 aliphatic carbocycles. The molecule has 0 spiro atoms. The normalized spacial score (nSPS) is 15.7. The molecule has 1 aliphatic heterocycles. The summed E-state index contributed by atoms with van der Waals surface area (Å²) >= 11 is 1.45. The summed E-state index contributed by atoms with van der Waals surface area (Å²) in [7, 11) is 1.84. The Hall–Kier alpha value is -3.71. The van der Waals surface area contributed by atoms with Gasteiger partial charge in [-0.3, -0.25) is 9.59 Å². The topological polar surface area (TPSA) is 58.4 Å². The van der Waals surface area contributed by atoms with Crippen molar-refractivity contribution in [3.8, 4) is 16.9 Å². The monoisotopic (exact) mass is 484 g/mol. The van der Waals surface area contributed by atoms with Crippen molar-refractivity contribution in [2.75, 3.05) is 20.1 Å². The van der Waals surface area contributed by atoms with Crippen LogP contribution in [0.25, 0.3) is 16.9 Å². The van der Waals surface area contributed by atoms with Gasteiger partial charge in [-0.15, -0.1) is 11.3 Å². The second-order valence-electron chi connectivity index (χ2n) is 8.91. The van der Waals surface area contributed by atoms with E-state index in [4.69, 9.17) is 5.10 Å². The van der Waals surface area contributed by atoms with Crippen LogP contribution in [-0.2, 0) is 11.3 Å².